The van der Waals surface area contributed by atoms with Gasteiger partial charge in [-0.1, -0.05) is 12.1 Å². The van der Waals surface area contributed by atoms with Gasteiger partial charge in [-0.3, -0.25) is 14.4 Å². The minimum atomic E-state index is -1.02. The second-order valence-corrected chi connectivity index (χ2v) is 10.9. The van der Waals surface area contributed by atoms with Crippen LogP contribution in [0, 0.1) is 19.7 Å². The number of H-pyrrole nitrogens is 1. The monoisotopic (exact) mass is 580 g/mol. The van der Waals surface area contributed by atoms with Crippen LogP contribution < -0.4 is 21.1 Å². The number of carbonyl (C=O) groups excluding carboxylic acids is 3. The van der Waals surface area contributed by atoms with Crippen LogP contribution in [-0.4, -0.2) is 37.9 Å². The number of anilines is 2. The average molecular weight is 581 g/mol. The third kappa shape index (κ3) is 4.93. The van der Waals surface area contributed by atoms with Crippen LogP contribution in [0.25, 0.3) is 16.6 Å². The molecule has 1 saturated carbocycles. The molecule has 43 heavy (non-hydrogen) atoms. The lowest BCUT2D eigenvalue weighted by molar-refractivity contribution is -0.126. The first-order chi connectivity index (χ1) is 20.5. The Kier molecular flexibility index (Phi) is 6.62. The molecule has 1 aliphatic carbocycles. The Labute approximate surface area is 246 Å². The Bertz CT molecular complexity index is 1950. The number of nitrogens with zero attached hydrogens (tertiary/aromatic N) is 3. The third-order valence-corrected chi connectivity index (χ3v) is 7.67. The summed E-state index contributed by atoms with van der Waals surface area (Å²) in [6.45, 7) is 4.92. The number of aryl methyl sites for hydroxylation is 2. The zero-order valence-electron chi connectivity index (χ0n) is 23.8. The van der Waals surface area contributed by atoms with Crippen molar-refractivity contribution in [2.75, 3.05) is 10.6 Å². The first-order valence-electron chi connectivity index (χ1n) is 13.7. The van der Waals surface area contributed by atoms with Crippen molar-refractivity contribution in [1.82, 2.24) is 14.8 Å². The molecule has 5 aromatic rings. The number of hydrogen-bond donors (Lipinski definition) is 3. The molecule has 5 N–H and O–H groups in total. The number of ketones is 1. The van der Waals surface area contributed by atoms with Crippen LogP contribution in [0.3, 0.4) is 0 Å². The second-order valence-electron chi connectivity index (χ2n) is 10.9. The van der Waals surface area contributed by atoms with E-state index < -0.39 is 23.2 Å². The highest BCUT2D eigenvalue weighted by Gasteiger charge is 2.49. The van der Waals surface area contributed by atoms with E-state index in [0.717, 1.165) is 10.3 Å². The first-order valence-corrected chi connectivity index (χ1v) is 13.7. The van der Waals surface area contributed by atoms with Crippen molar-refractivity contribution in [3.8, 4) is 17.2 Å². The highest BCUT2D eigenvalue weighted by Crippen LogP contribution is 2.37. The maximum Gasteiger partial charge on any atom is 0.253 e. The van der Waals surface area contributed by atoms with E-state index >= 15 is 0 Å². The van der Waals surface area contributed by atoms with Gasteiger partial charge in [0.1, 0.15) is 11.6 Å². The van der Waals surface area contributed by atoms with Crippen molar-refractivity contribution in [3.05, 3.63) is 95.1 Å². The van der Waals surface area contributed by atoms with Crippen molar-refractivity contribution in [1.29, 1.82) is 0 Å². The van der Waals surface area contributed by atoms with Crippen LogP contribution in [0.1, 0.15) is 46.9 Å². The molecule has 1 aliphatic rings. The number of hydrogen-bond acceptors (Lipinski definition) is 7. The summed E-state index contributed by atoms with van der Waals surface area (Å²) in [7, 11) is 0. The molecular weight excluding hydrogens is 551 g/mol. The van der Waals surface area contributed by atoms with Gasteiger partial charge in [-0.2, -0.15) is 5.10 Å². The van der Waals surface area contributed by atoms with Crippen LogP contribution in [0.15, 0.2) is 66.9 Å². The molecule has 2 heterocycles. The number of para-hydroxylation sites is 1. The fourth-order valence-electron chi connectivity index (χ4n) is 5.05. The van der Waals surface area contributed by atoms with E-state index in [0.29, 0.717) is 46.6 Å². The number of ether oxygens (including phenoxy) is 1. The Balaban J connectivity index is 1.28. The highest BCUT2D eigenvalue weighted by molar-refractivity contribution is 6.19. The maximum absolute atomic E-state index is 14.1. The number of halogens is 1. The summed E-state index contributed by atoms with van der Waals surface area (Å²) >= 11 is 0. The molecule has 218 valence electrons. The van der Waals surface area contributed by atoms with Crippen LogP contribution >= 0.6 is 0 Å². The lowest BCUT2D eigenvalue weighted by atomic mass is 10.1. The van der Waals surface area contributed by atoms with Gasteiger partial charge in [0.25, 0.3) is 5.91 Å². The van der Waals surface area contributed by atoms with Crippen LogP contribution in [0.4, 0.5) is 15.9 Å². The standard InChI is InChI=1S/C32H29FN6O4/c1-17-12-20-14-25(37-24(20)15-26(17)38(19(3)40)31(42)32(35)10-11-32)29(41)22-16-36-39(30(22)34)21-8-9-27(18(2)13-21)43-28-7-5-4-6-23(28)33/h4-9,12-16,37H,10-11,34-35H2,1-3H3. The number of aromatic nitrogens is 3. The summed E-state index contributed by atoms with van der Waals surface area (Å²) in [4.78, 5) is 43.3. The zero-order valence-corrected chi connectivity index (χ0v) is 23.8. The summed E-state index contributed by atoms with van der Waals surface area (Å²) in [6, 6.07) is 16.5. The van der Waals surface area contributed by atoms with Gasteiger partial charge in [0.05, 0.1) is 34.4 Å². The molecule has 0 atom stereocenters. The number of fused-ring (bicyclic) bond motifs is 1. The third-order valence-electron chi connectivity index (χ3n) is 7.67. The molecule has 0 bridgehead atoms. The fraction of sp³-hybridized carbons (Fsp3) is 0.188. The lowest BCUT2D eigenvalue weighted by Gasteiger charge is -2.24. The Morgan fingerprint density at radius 3 is 2.44 bits per heavy atom. The second kappa shape index (κ2) is 10.2. The SMILES string of the molecule is CC(=O)N(C(=O)C1(N)CC1)c1cc2[nH]c(C(=O)c3cnn(-c4ccc(Oc5ccccc5F)c(C)c4)c3N)cc2cc1C. The van der Waals surface area contributed by atoms with Crippen molar-refractivity contribution < 1.29 is 23.5 Å². The van der Waals surface area contributed by atoms with E-state index in [-0.39, 0.29) is 28.6 Å². The number of nitrogens with one attached hydrogen (secondary N) is 1. The molecule has 1 fully saturated rings. The van der Waals surface area contributed by atoms with E-state index in [9.17, 15) is 18.8 Å². The van der Waals surface area contributed by atoms with E-state index in [1.54, 1.807) is 61.5 Å². The fourth-order valence-corrected chi connectivity index (χ4v) is 5.05. The Morgan fingerprint density at radius 2 is 1.77 bits per heavy atom. The molecule has 0 saturated heterocycles. The normalized spacial score (nSPS) is 13.6. The van der Waals surface area contributed by atoms with Gasteiger partial charge in [0, 0.05) is 17.8 Å². The topological polar surface area (TPSA) is 149 Å². The van der Waals surface area contributed by atoms with Crippen molar-refractivity contribution in [2.45, 2.75) is 39.2 Å². The summed E-state index contributed by atoms with van der Waals surface area (Å²) in [6.07, 6.45) is 2.45. The molecule has 0 spiro atoms. The largest absolute Gasteiger partial charge is 0.454 e. The van der Waals surface area contributed by atoms with E-state index in [2.05, 4.69) is 10.1 Å². The highest BCUT2D eigenvalue weighted by atomic mass is 19.1. The average Bonchev–Trinajstić information content (AvgIpc) is 3.40. The quantitative estimate of drug-likeness (QED) is 0.227. The number of rotatable bonds is 7. The van der Waals surface area contributed by atoms with E-state index in [1.807, 2.05) is 6.92 Å². The van der Waals surface area contributed by atoms with Gasteiger partial charge in [-0.15, -0.1) is 0 Å². The molecule has 0 unspecified atom stereocenters. The first kappa shape index (κ1) is 27.9. The predicted molar refractivity (Wildman–Crippen MR) is 160 cm³/mol. The maximum atomic E-state index is 14.1. The molecule has 6 rings (SSSR count). The molecule has 2 amide bonds. The van der Waals surface area contributed by atoms with Crippen LogP contribution in [0.2, 0.25) is 0 Å². The Hall–Kier alpha value is -5.29. The van der Waals surface area contributed by atoms with Crippen molar-refractivity contribution in [2.24, 2.45) is 5.73 Å². The number of imide groups is 1. The van der Waals surface area contributed by atoms with E-state index in [1.165, 1.54) is 23.9 Å². The van der Waals surface area contributed by atoms with E-state index in [4.69, 9.17) is 16.2 Å². The molecule has 2 aromatic heterocycles. The molecule has 0 radical (unpaired) electrons. The molecule has 3 aromatic carbocycles. The number of aromatic amines is 1. The minimum Gasteiger partial charge on any atom is -0.454 e. The molecule has 10 nitrogen and oxygen atoms in total. The number of benzene rings is 3. The number of nitrogens with two attached hydrogens (primary N) is 2. The molecular formula is C32H29FN6O4. The van der Waals surface area contributed by atoms with Gasteiger partial charge in [0.15, 0.2) is 11.6 Å². The lowest BCUT2D eigenvalue weighted by Crippen LogP contribution is -2.48. The zero-order chi connectivity index (χ0) is 30.6. The molecule has 0 aliphatic heterocycles. The predicted octanol–water partition coefficient (Wildman–Crippen LogP) is 5.09. The summed E-state index contributed by atoms with van der Waals surface area (Å²) < 4.78 is 21.2. The van der Waals surface area contributed by atoms with Crippen molar-refractivity contribution >= 4 is 40.0 Å². The summed E-state index contributed by atoms with van der Waals surface area (Å²) in [5.41, 5.74) is 14.9. The smallest absolute Gasteiger partial charge is 0.253 e. The van der Waals surface area contributed by atoms with Gasteiger partial charge in [0.2, 0.25) is 11.7 Å². The molecule has 11 heteroatoms. The number of nitrogen functional groups attached to an aromatic ring is 1. The number of amides is 2. The van der Waals surface area contributed by atoms with Gasteiger partial charge in [-0.05, 0) is 86.3 Å². The van der Waals surface area contributed by atoms with Crippen LogP contribution in [0.5, 0.6) is 11.5 Å². The summed E-state index contributed by atoms with van der Waals surface area (Å²) in [5, 5.41) is 5.06. The van der Waals surface area contributed by atoms with Gasteiger partial charge in [-0.25, -0.2) is 14.0 Å². The Morgan fingerprint density at radius 1 is 1.02 bits per heavy atom. The number of carbonyl (C=O) groups is 3. The van der Waals surface area contributed by atoms with Gasteiger partial charge >= 0.3 is 0 Å². The minimum absolute atomic E-state index is 0.109. The van der Waals surface area contributed by atoms with Crippen LogP contribution in [-0.2, 0) is 9.59 Å². The summed E-state index contributed by atoms with van der Waals surface area (Å²) in [5.74, 6) is -1.02. The van der Waals surface area contributed by atoms with Crippen molar-refractivity contribution in [3.63, 3.8) is 0 Å². The van der Waals surface area contributed by atoms with Gasteiger partial charge < -0.3 is 21.2 Å².